The number of nitrogens with zero attached hydrogens (tertiary/aromatic N) is 5. The van der Waals surface area contributed by atoms with E-state index in [-0.39, 0.29) is 17.6 Å². The van der Waals surface area contributed by atoms with Crippen molar-refractivity contribution in [2.24, 2.45) is 5.92 Å². The molecular weight excluding hydrogens is 521 g/mol. The van der Waals surface area contributed by atoms with Crippen LogP contribution < -0.4 is 20.3 Å². The molecule has 0 radical (unpaired) electrons. The first-order valence-corrected chi connectivity index (χ1v) is 14.0. The Morgan fingerprint density at radius 1 is 1.15 bits per heavy atom. The van der Waals surface area contributed by atoms with Crippen LogP contribution in [0.25, 0.3) is 16.9 Å². The van der Waals surface area contributed by atoms with E-state index in [1.807, 2.05) is 36.8 Å². The molecule has 0 atom stereocenters. The normalized spacial score (nSPS) is 14.0. The molecule has 216 valence electrons. The van der Waals surface area contributed by atoms with Gasteiger partial charge in [-0.15, -0.1) is 0 Å². The number of aryl methyl sites for hydroxylation is 1. The first kappa shape index (κ1) is 28.4. The second-order valence-electron chi connectivity index (χ2n) is 10.8. The molecular formula is C31H38FN7O2. The zero-order valence-corrected chi connectivity index (χ0v) is 24.2. The lowest BCUT2D eigenvalue weighted by atomic mass is 9.95. The Balaban J connectivity index is 1.23. The molecule has 2 N–H and O–H groups in total. The van der Waals surface area contributed by atoms with Gasteiger partial charge in [-0.3, -0.25) is 9.20 Å². The van der Waals surface area contributed by atoms with Gasteiger partial charge in [0.05, 0.1) is 19.0 Å². The molecule has 1 amide bonds. The van der Waals surface area contributed by atoms with Crippen LogP contribution in [0.1, 0.15) is 24.8 Å². The number of ether oxygens (including phenoxy) is 1. The first-order chi connectivity index (χ1) is 19.8. The van der Waals surface area contributed by atoms with Gasteiger partial charge < -0.3 is 25.2 Å². The van der Waals surface area contributed by atoms with Crippen molar-refractivity contribution in [1.29, 1.82) is 0 Å². The molecule has 41 heavy (non-hydrogen) atoms. The number of hydrogen-bond acceptors (Lipinski definition) is 7. The van der Waals surface area contributed by atoms with E-state index in [4.69, 9.17) is 4.74 Å². The summed E-state index contributed by atoms with van der Waals surface area (Å²) < 4.78 is 21.3. The zero-order valence-electron chi connectivity index (χ0n) is 24.2. The van der Waals surface area contributed by atoms with Gasteiger partial charge in [-0.05, 0) is 88.8 Å². The summed E-state index contributed by atoms with van der Waals surface area (Å²) in [6.45, 7) is 5.51. The number of fused-ring (bicyclic) bond motifs is 1. The van der Waals surface area contributed by atoms with Crippen LogP contribution in [0.5, 0.6) is 5.75 Å². The summed E-state index contributed by atoms with van der Waals surface area (Å²) in [5.74, 6) is 0.641. The van der Waals surface area contributed by atoms with E-state index in [1.54, 1.807) is 18.5 Å². The van der Waals surface area contributed by atoms with Gasteiger partial charge in [0.25, 0.3) is 0 Å². The molecule has 2 aromatic carbocycles. The molecule has 1 saturated heterocycles. The van der Waals surface area contributed by atoms with Crippen molar-refractivity contribution in [2.75, 3.05) is 57.6 Å². The predicted octanol–water partition coefficient (Wildman–Crippen LogP) is 4.88. The molecule has 0 spiro atoms. The van der Waals surface area contributed by atoms with Gasteiger partial charge in [0.2, 0.25) is 5.91 Å². The smallest absolute Gasteiger partial charge is 0.223 e. The van der Waals surface area contributed by atoms with Crippen LogP contribution in [0.15, 0.2) is 55.0 Å². The monoisotopic (exact) mass is 559 g/mol. The van der Waals surface area contributed by atoms with E-state index in [0.717, 1.165) is 62.4 Å². The number of benzene rings is 2. The molecule has 2 aromatic heterocycles. The Morgan fingerprint density at radius 2 is 1.95 bits per heavy atom. The summed E-state index contributed by atoms with van der Waals surface area (Å²) in [6, 6.07) is 11.1. The maximum absolute atomic E-state index is 14.3. The number of aromatic nitrogens is 3. The number of rotatable bonds is 10. The predicted molar refractivity (Wildman–Crippen MR) is 161 cm³/mol. The second-order valence-corrected chi connectivity index (χ2v) is 10.8. The minimum Gasteiger partial charge on any atom is -0.494 e. The van der Waals surface area contributed by atoms with E-state index < -0.39 is 5.82 Å². The maximum atomic E-state index is 14.3. The fourth-order valence-corrected chi connectivity index (χ4v) is 5.41. The van der Waals surface area contributed by atoms with Crippen molar-refractivity contribution < 1.29 is 13.9 Å². The Kier molecular flexibility index (Phi) is 8.68. The lowest BCUT2D eigenvalue weighted by Gasteiger charge is -2.34. The molecule has 0 bridgehead atoms. The van der Waals surface area contributed by atoms with Gasteiger partial charge in [0.1, 0.15) is 0 Å². The SMILES string of the molecule is COc1ccc(-c2cnc3c(Nc4ccc(N5CCC(C(=O)NCCCN(C)C)CC5)c(C)c4)nccn23)cc1F. The molecule has 1 fully saturated rings. The summed E-state index contributed by atoms with van der Waals surface area (Å²) in [4.78, 5) is 26.2. The quantitative estimate of drug-likeness (QED) is 0.268. The molecule has 3 heterocycles. The van der Waals surface area contributed by atoms with Crippen LogP contribution in [0.4, 0.5) is 21.6 Å². The average Bonchev–Trinajstić information content (AvgIpc) is 3.41. The fourth-order valence-electron chi connectivity index (χ4n) is 5.41. The van der Waals surface area contributed by atoms with Crippen LogP contribution in [0.3, 0.4) is 0 Å². The fraction of sp³-hybridized carbons (Fsp3) is 0.387. The minimum absolute atomic E-state index is 0.0762. The van der Waals surface area contributed by atoms with Gasteiger partial charge in [-0.2, -0.15) is 0 Å². The summed E-state index contributed by atoms with van der Waals surface area (Å²) in [7, 11) is 5.54. The number of methoxy groups -OCH3 is 1. The maximum Gasteiger partial charge on any atom is 0.223 e. The van der Waals surface area contributed by atoms with Crippen LogP contribution >= 0.6 is 0 Å². The minimum atomic E-state index is -0.425. The third kappa shape index (κ3) is 6.43. The summed E-state index contributed by atoms with van der Waals surface area (Å²) >= 11 is 0. The van der Waals surface area contributed by atoms with Crippen molar-refractivity contribution in [1.82, 2.24) is 24.6 Å². The number of nitrogens with one attached hydrogen (secondary N) is 2. The molecule has 0 saturated carbocycles. The van der Waals surface area contributed by atoms with Gasteiger partial charge in [0, 0.05) is 54.9 Å². The standard InChI is InChI=1S/C31H38FN7O2/c1-21-18-24(7-8-26(21)38-15-10-22(11-16-38)31(40)34-12-5-14-37(2)3)36-29-30-35-20-27(39(30)17-13-33-29)23-6-9-28(41-4)25(32)19-23/h6-9,13,17-20,22H,5,10-12,14-16H2,1-4H3,(H,33,36)(H,34,40). The third-order valence-corrected chi connectivity index (χ3v) is 7.62. The lowest BCUT2D eigenvalue weighted by molar-refractivity contribution is -0.125. The van der Waals surface area contributed by atoms with Crippen LogP contribution in [-0.4, -0.2) is 72.6 Å². The van der Waals surface area contributed by atoms with E-state index in [2.05, 4.69) is 49.5 Å². The summed E-state index contributed by atoms with van der Waals surface area (Å²) in [5.41, 5.74) is 5.31. The summed E-state index contributed by atoms with van der Waals surface area (Å²) in [5, 5.41) is 6.51. The van der Waals surface area contributed by atoms with Crippen LogP contribution in [-0.2, 0) is 4.79 Å². The largest absolute Gasteiger partial charge is 0.494 e. The third-order valence-electron chi connectivity index (χ3n) is 7.62. The topological polar surface area (TPSA) is 87.0 Å². The second kappa shape index (κ2) is 12.6. The molecule has 4 aromatic rings. The van der Waals surface area contributed by atoms with E-state index >= 15 is 0 Å². The number of piperidine rings is 1. The first-order valence-electron chi connectivity index (χ1n) is 14.0. The molecule has 5 rings (SSSR count). The Bertz CT molecular complexity index is 1510. The molecule has 1 aliphatic rings. The number of carbonyl (C=O) groups is 1. The molecule has 1 aliphatic heterocycles. The molecule has 9 nitrogen and oxygen atoms in total. The summed E-state index contributed by atoms with van der Waals surface area (Å²) in [6.07, 6.45) is 7.89. The number of amides is 1. The highest BCUT2D eigenvalue weighted by Gasteiger charge is 2.25. The Morgan fingerprint density at radius 3 is 2.66 bits per heavy atom. The Hall–Kier alpha value is -4.18. The number of carbonyl (C=O) groups excluding carboxylic acids is 1. The van der Waals surface area contributed by atoms with Gasteiger partial charge in [0.15, 0.2) is 23.0 Å². The van der Waals surface area contributed by atoms with E-state index in [0.29, 0.717) is 17.0 Å². The van der Waals surface area contributed by atoms with Crippen LogP contribution in [0, 0.1) is 18.7 Å². The van der Waals surface area contributed by atoms with E-state index in [9.17, 15) is 9.18 Å². The average molecular weight is 560 g/mol. The van der Waals surface area contributed by atoms with Gasteiger partial charge >= 0.3 is 0 Å². The van der Waals surface area contributed by atoms with Crippen molar-refractivity contribution in [3.8, 4) is 17.0 Å². The van der Waals surface area contributed by atoms with Gasteiger partial charge in [-0.25, -0.2) is 14.4 Å². The van der Waals surface area contributed by atoms with Crippen molar-refractivity contribution in [3.63, 3.8) is 0 Å². The molecule has 0 aliphatic carbocycles. The van der Waals surface area contributed by atoms with Gasteiger partial charge in [-0.1, -0.05) is 0 Å². The lowest BCUT2D eigenvalue weighted by Crippen LogP contribution is -2.41. The van der Waals surface area contributed by atoms with Crippen molar-refractivity contribution >= 4 is 28.7 Å². The highest BCUT2D eigenvalue weighted by molar-refractivity contribution is 5.79. The van der Waals surface area contributed by atoms with Crippen molar-refractivity contribution in [2.45, 2.75) is 26.2 Å². The number of halogens is 1. The van der Waals surface area contributed by atoms with E-state index in [1.165, 1.54) is 18.9 Å². The zero-order chi connectivity index (χ0) is 28.9. The molecule has 10 heteroatoms. The highest BCUT2D eigenvalue weighted by atomic mass is 19.1. The number of imidazole rings is 1. The van der Waals surface area contributed by atoms with Crippen LogP contribution in [0.2, 0.25) is 0 Å². The highest BCUT2D eigenvalue weighted by Crippen LogP contribution is 2.31. The van der Waals surface area contributed by atoms with Crippen molar-refractivity contribution in [3.05, 3.63) is 66.4 Å². The molecule has 0 unspecified atom stereocenters. The Labute approximate surface area is 240 Å². The number of anilines is 3. The number of hydrogen-bond donors (Lipinski definition) is 2.